The van der Waals surface area contributed by atoms with Crippen LogP contribution in [-0.4, -0.2) is 61.0 Å². The number of amides is 1. The molecule has 2 aliphatic heterocycles. The molecule has 3 rings (SSSR count). The maximum absolute atomic E-state index is 12.4. The molecule has 0 aromatic heterocycles. The minimum absolute atomic E-state index is 0.333. The van der Waals surface area contributed by atoms with E-state index in [9.17, 15) is 4.79 Å². The molecule has 0 radical (unpaired) electrons. The Labute approximate surface area is 116 Å². The molecule has 0 spiro atoms. The van der Waals surface area contributed by atoms with Crippen LogP contribution in [0.25, 0.3) is 0 Å². The molecule has 108 valence electrons. The third-order valence-corrected chi connectivity index (χ3v) is 5.21. The molecule has 0 bridgehead atoms. The normalized spacial score (nSPS) is 34.1. The third kappa shape index (κ3) is 2.95. The van der Waals surface area contributed by atoms with Crippen molar-refractivity contribution in [3.8, 4) is 0 Å². The van der Waals surface area contributed by atoms with Crippen molar-refractivity contribution in [3.05, 3.63) is 0 Å². The zero-order valence-electron chi connectivity index (χ0n) is 12.1. The average molecular weight is 265 g/mol. The number of carbonyl (C=O) groups is 1. The minimum atomic E-state index is 0.333. The molecular weight excluding hydrogens is 238 g/mol. The smallest absolute Gasteiger partial charge is 0.225 e. The Bertz CT molecular complexity index is 313. The van der Waals surface area contributed by atoms with Gasteiger partial charge in [0.15, 0.2) is 0 Å². The SMILES string of the molecule is CC1CCC(C(=O)N2CC(N3CCNCC3)C2)CC1. The number of hydrogen-bond acceptors (Lipinski definition) is 3. The predicted molar refractivity (Wildman–Crippen MR) is 75.9 cm³/mol. The van der Waals surface area contributed by atoms with Crippen LogP contribution in [0.3, 0.4) is 0 Å². The fourth-order valence-electron chi connectivity index (χ4n) is 3.68. The molecule has 4 nitrogen and oxygen atoms in total. The molecule has 2 heterocycles. The summed E-state index contributed by atoms with van der Waals surface area (Å²) in [6.07, 6.45) is 4.72. The summed E-state index contributed by atoms with van der Waals surface area (Å²) in [5.41, 5.74) is 0. The van der Waals surface area contributed by atoms with E-state index in [1.807, 2.05) is 0 Å². The van der Waals surface area contributed by atoms with Gasteiger partial charge in [-0.15, -0.1) is 0 Å². The molecule has 3 aliphatic rings. The van der Waals surface area contributed by atoms with E-state index >= 15 is 0 Å². The summed E-state index contributed by atoms with van der Waals surface area (Å²) in [6, 6.07) is 0.633. The van der Waals surface area contributed by atoms with E-state index in [1.54, 1.807) is 0 Å². The second-order valence-electron chi connectivity index (χ2n) is 6.64. The monoisotopic (exact) mass is 265 g/mol. The molecule has 0 aromatic rings. The Morgan fingerprint density at radius 2 is 1.68 bits per heavy atom. The molecule has 1 saturated carbocycles. The lowest BCUT2D eigenvalue weighted by Gasteiger charge is -2.48. The summed E-state index contributed by atoms with van der Waals surface area (Å²) < 4.78 is 0. The maximum Gasteiger partial charge on any atom is 0.225 e. The number of piperazine rings is 1. The molecule has 1 amide bonds. The minimum Gasteiger partial charge on any atom is -0.339 e. The van der Waals surface area contributed by atoms with Crippen molar-refractivity contribution in [3.63, 3.8) is 0 Å². The van der Waals surface area contributed by atoms with Gasteiger partial charge in [-0.1, -0.05) is 6.92 Å². The fourth-order valence-corrected chi connectivity index (χ4v) is 3.68. The van der Waals surface area contributed by atoms with Crippen LogP contribution in [0.5, 0.6) is 0 Å². The number of carbonyl (C=O) groups excluding carboxylic acids is 1. The standard InChI is InChI=1S/C15H27N3O/c1-12-2-4-13(5-3-12)15(19)18-10-14(11-18)17-8-6-16-7-9-17/h12-14,16H,2-11H2,1H3. The molecule has 0 unspecified atom stereocenters. The number of nitrogens with zero attached hydrogens (tertiary/aromatic N) is 2. The number of hydrogen-bond donors (Lipinski definition) is 1. The Morgan fingerprint density at radius 1 is 1.05 bits per heavy atom. The second-order valence-corrected chi connectivity index (χ2v) is 6.64. The zero-order valence-corrected chi connectivity index (χ0v) is 12.1. The van der Waals surface area contributed by atoms with E-state index in [2.05, 4.69) is 22.0 Å². The van der Waals surface area contributed by atoms with Crippen LogP contribution in [0.1, 0.15) is 32.6 Å². The van der Waals surface area contributed by atoms with E-state index in [0.29, 0.717) is 17.9 Å². The highest BCUT2D eigenvalue weighted by atomic mass is 16.2. The summed E-state index contributed by atoms with van der Waals surface area (Å²) in [6.45, 7) is 8.76. The highest BCUT2D eigenvalue weighted by Crippen LogP contribution is 2.31. The molecule has 1 N–H and O–H groups in total. The van der Waals surface area contributed by atoms with E-state index in [0.717, 1.165) is 58.0 Å². The highest BCUT2D eigenvalue weighted by molar-refractivity contribution is 5.79. The van der Waals surface area contributed by atoms with Gasteiger partial charge in [0.25, 0.3) is 0 Å². The van der Waals surface area contributed by atoms with Crippen molar-refractivity contribution in [1.29, 1.82) is 0 Å². The Morgan fingerprint density at radius 3 is 2.32 bits per heavy atom. The summed E-state index contributed by atoms with van der Waals surface area (Å²) in [4.78, 5) is 17.1. The van der Waals surface area contributed by atoms with Gasteiger partial charge in [-0.2, -0.15) is 0 Å². The van der Waals surface area contributed by atoms with Gasteiger partial charge in [-0.25, -0.2) is 0 Å². The summed E-state index contributed by atoms with van der Waals surface area (Å²) in [7, 11) is 0. The van der Waals surface area contributed by atoms with Crippen molar-refractivity contribution in [1.82, 2.24) is 15.1 Å². The van der Waals surface area contributed by atoms with Crippen LogP contribution in [0.15, 0.2) is 0 Å². The Hall–Kier alpha value is -0.610. The van der Waals surface area contributed by atoms with E-state index in [1.165, 1.54) is 12.8 Å². The summed E-state index contributed by atoms with van der Waals surface area (Å²) >= 11 is 0. The summed E-state index contributed by atoms with van der Waals surface area (Å²) in [5.74, 6) is 1.60. The zero-order chi connectivity index (χ0) is 13.2. The molecule has 2 saturated heterocycles. The van der Waals surface area contributed by atoms with Crippen LogP contribution in [0.2, 0.25) is 0 Å². The van der Waals surface area contributed by atoms with Crippen LogP contribution in [0.4, 0.5) is 0 Å². The van der Waals surface area contributed by atoms with E-state index < -0.39 is 0 Å². The number of nitrogens with one attached hydrogen (secondary N) is 1. The van der Waals surface area contributed by atoms with Crippen molar-refractivity contribution < 1.29 is 4.79 Å². The predicted octanol–water partition coefficient (Wildman–Crippen LogP) is 0.929. The average Bonchev–Trinajstić information content (AvgIpc) is 2.39. The van der Waals surface area contributed by atoms with Crippen molar-refractivity contribution >= 4 is 5.91 Å². The fraction of sp³-hybridized carbons (Fsp3) is 0.933. The molecule has 0 aromatic carbocycles. The van der Waals surface area contributed by atoms with E-state index in [-0.39, 0.29) is 0 Å². The van der Waals surface area contributed by atoms with Crippen LogP contribution in [0, 0.1) is 11.8 Å². The molecule has 4 heteroatoms. The van der Waals surface area contributed by atoms with E-state index in [4.69, 9.17) is 0 Å². The first-order chi connectivity index (χ1) is 9.24. The van der Waals surface area contributed by atoms with Crippen molar-refractivity contribution in [2.75, 3.05) is 39.3 Å². The molecule has 19 heavy (non-hydrogen) atoms. The molecule has 1 aliphatic carbocycles. The number of likely N-dealkylation sites (tertiary alicyclic amines) is 1. The van der Waals surface area contributed by atoms with Gasteiger partial charge in [-0.3, -0.25) is 9.69 Å². The van der Waals surface area contributed by atoms with Crippen LogP contribution < -0.4 is 5.32 Å². The third-order valence-electron chi connectivity index (χ3n) is 5.21. The highest BCUT2D eigenvalue weighted by Gasteiger charge is 2.38. The quantitative estimate of drug-likeness (QED) is 0.807. The lowest BCUT2D eigenvalue weighted by Crippen LogP contribution is -2.64. The molecule has 0 atom stereocenters. The van der Waals surface area contributed by atoms with Gasteiger partial charge in [0.1, 0.15) is 0 Å². The Balaban J connectivity index is 1.43. The van der Waals surface area contributed by atoms with Gasteiger partial charge in [0.05, 0.1) is 0 Å². The summed E-state index contributed by atoms with van der Waals surface area (Å²) in [5, 5.41) is 3.39. The van der Waals surface area contributed by atoms with Gasteiger partial charge in [-0.05, 0) is 31.6 Å². The first-order valence-corrected chi connectivity index (χ1v) is 7.97. The first kappa shape index (κ1) is 13.4. The van der Waals surface area contributed by atoms with Crippen molar-refractivity contribution in [2.24, 2.45) is 11.8 Å². The Kier molecular flexibility index (Phi) is 4.08. The largest absolute Gasteiger partial charge is 0.339 e. The topological polar surface area (TPSA) is 35.6 Å². The first-order valence-electron chi connectivity index (χ1n) is 7.97. The molecule has 3 fully saturated rings. The maximum atomic E-state index is 12.4. The van der Waals surface area contributed by atoms with Gasteiger partial charge in [0, 0.05) is 51.2 Å². The van der Waals surface area contributed by atoms with Crippen molar-refractivity contribution in [2.45, 2.75) is 38.6 Å². The lowest BCUT2D eigenvalue weighted by molar-refractivity contribution is -0.144. The lowest BCUT2D eigenvalue weighted by atomic mass is 9.82. The second kappa shape index (κ2) is 5.80. The van der Waals surface area contributed by atoms with Gasteiger partial charge >= 0.3 is 0 Å². The number of rotatable bonds is 2. The van der Waals surface area contributed by atoms with Gasteiger partial charge in [0.2, 0.25) is 5.91 Å². The molecular formula is C15H27N3O. The van der Waals surface area contributed by atoms with Crippen LogP contribution >= 0.6 is 0 Å². The van der Waals surface area contributed by atoms with Crippen LogP contribution in [-0.2, 0) is 4.79 Å². The van der Waals surface area contributed by atoms with Gasteiger partial charge < -0.3 is 10.2 Å².